The number of pyridine rings is 1. The fourth-order valence-corrected chi connectivity index (χ4v) is 2.21. The van der Waals surface area contributed by atoms with Crippen LogP contribution in [0.3, 0.4) is 0 Å². The topological polar surface area (TPSA) is 37.6 Å². The number of rotatable bonds is 3. The van der Waals surface area contributed by atoms with Crippen LogP contribution in [0.25, 0.3) is 5.65 Å². The molecule has 0 bridgehead atoms. The predicted octanol–water partition coefficient (Wildman–Crippen LogP) is 2.78. The van der Waals surface area contributed by atoms with Crippen molar-refractivity contribution in [2.75, 3.05) is 13.1 Å². The van der Waals surface area contributed by atoms with Crippen LogP contribution in [0.1, 0.15) is 30.0 Å². The highest BCUT2D eigenvalue weighted by Gasteiger charge is 2.20. The van der Waals surface area contributed by atoms with Crippen LogP contribution in [-0.4, -0.2) is 33.3 Å². The summed E-state index contributed by atoms with van der Waals surface area (Å²) < 4.78 is 1.79. The van der Waals surface area contributed by atoms with Crippen LogP contribution < -0.4 is 0 Å². The monoisotopic (exact) mass is 265 g/mol. The Morgan fingerprint density at radius 3 is 2.72 bits per heavy atom. The van der Waals surface area contributed by atoms with E-state index in [1.165, 1.54) is 0 Å². The van der Waals surface area contributed by atoms with Crippen LogP contribution in [0.2, 0.25) is 5.02 Å². The summed E-state index contributed by atoms with van der Waals surface area (Å²) in [6, 6.07) is 3.52. The van der Waals surface area contributed by atoms with E-state index in [1.807, 2.05) is 20.8 Å². The third-order valence-electron chi connectivity index (χ3n) is 3.02. The predicted molar refractivity (Wildman–Crippen MR) is 72.2 cm³/mol. The van der Waals surface area contributed by atoms with Gasteiger partial charge in [0, 0.05) is 30.4 Å². The molecule has 0 aliphatic rings. The number of carbonyl (C=O) groups excluding carboxylic acids is 1. The van der Waals surface area contributed by atoms with Gasteiger partial charge in [0.05, 0.1) is 5.69 Å². The molecule has 2 aromatic rings. The minimum absolute atomic E-state index is 0.00678. The van der Waals surface area contributed by atoms with Crippen molar-refractivity contribution in [3.05, 3.63) is 34.7 Å². The second kappa shape index (κ2) is 4.98. The van der Waals surface area contributed by atoms with Crippen molar-refractivity contribution in [3.8, 4) is 0 Å². The number of nitrogens with zero attached hydrogens (tertiary/aromatic N) is 3. The highest BCUT2D eigenvalue weighted by atomic mass is 35.5. The van der Waals surface area contributed by atoms with E-state index >= 15 is 0 Å². The standard InChI is InChI=1S/C13H16ClN3O/c1-4-16(5-2)13(18)12-9(3)15-11-8-10(14)6-7-17(11)12/h6-8H,4-5H2,1-3H3. The molecule has 2 rings (SSSR count). The Balaban J connectivity index is 2.57. The second-order valence-electron chi connectivity index (χ2n) is 4.10. The van der Waals surface area contributed by atoms with E-state index in [2.05, 4.69) is 4.98 Å². The van der Waals surface area contributed by atoms with Crippen molar-refractivity contribution < 1.29 is 4.79 Å². The van der Waals surface area contributed by atoms with Crippen LogP contribution in [0, 0.1) is 6.92 Å². The smallest absolute Gasteiger partial charge is 0.272 e. The molecule has 1 amide bonds. The highest BCUT2D eigenvalue weighted by Crippen LogP contribution is 2.17. The number of imidazole rings is 1. The maximum absolute atomic E-state index is 12.4. The summed E-state index contributed by atoms with van der Waals surface area (Å²) in [5, 5.41) is 0.620. The van der Waals surface area contributed by atoms with E-state index in [-0.39, 0.29) is 5.91 Å². The summed E-state index contributed by atoms with van der Waals surface area (Å²) in [6.07, 6.45) is 1.79. The van der Waals surface area contributed by atoms with E-state index < -0.39 is 0 Å². The van der Waals surface area contributed by atoms with Gasteiger partial charge < -0.3 is 4.90 Å². The Labute approximate surface area is 111 Å². The summed E-state index contributed by atoms with van der Waals surface area (Å²) in [7, 11) is 0. The second-order valence-corrected chi connectivity index (χ2v) is 4.53. The number of aryl methyl sites for hydroxylation is 1. The van der Waals surface area contributed by atoms with Crippen molar-refractivity contribution in [2.24, 2.45) is 0 Å². The average molecular weight is 266 g/mol. The SMILES string of the molecule is CCN(CC)C(=O)c1c(C)nc2cc(Cl)ccn12. The first-order chi connectivity index (χ1) is 8.58. The van der Waals surface area contributed by atoms with Crippen molar-refractivity contribution >= 4 is 23.2 Å². The highest BCUT2D eigenvalue weighted by molar-refractivity contribution is 6.30. The third-order valence-corrected chi connectivity index (χ3v) is 3.25. The lowest BCUT2D eigenvalue weighted by molar-refractivity contribution is 0.0765. The molecular weight excluding hydrogens is 250 g/mol. The molecule has 2 heterocycles. The molecule has 0 N–H and O–H groups in total. The van der Waals surface area contributed by atoms with Gasteiger partial charge in [-0.3, -0.25) is 9.20 Å². The van der Waals surface area contributed by atoms with E-state index in [0.29, 0.717) is 29.5 Å². The van der Waals surface area contributed by atoms with Gasteiger partial charge in [0.15, 0.2) is 0 Å². The number of amides is 1. The van der Waals surface area contributed by atoms with Gasteiger partial charge in [-0.1, -0.05) is 11.6 Å². The third kappa shape index (κ3) is 2.08. The minimum Gasteiger partial charge on any atom is -0.338 e. The van der Waals surface area contributed by atoms with Gasteiger partial charge in [-0.15, -0.1) is 0 Å². The fraction of sp³-hybridized carbons (Fsp3) is 0.385. The van der Waals surface area contributed by atoms with Gasteiger partial charge in [-0.25, -0.2) is 4.98 Å². The quantitative estimate of drug-likeness (QED) is 0.856. The minimum atomic E-state index is 0.00678. The molecule has 0 unspecified atom stereocenters. The molecule has 96 valence electrons. The zero-order valence-electron chi connectivity index (χ0n) is 10.8. The molecule has 5 heteroatoms. The number of hydrogen-bond acceptors (Lipinski definition) is 2. The van der Waals surface area contributed by atoms with Crippen LogP contribution in [0.4, 0.5) is 0 Å². The Morgan fingerprint density at radius 1 is 1.44 bits per heavy atom. The molecule has 0 aliphatic heterocycles. The molecule has 0 saturated carbocycles. The van der Waals surface area contributed by atoms with Gasteiger partial charge in [-0.2, -0.15) is 0 Å². The zero-order valence-corrected chi connectivity index (χ0v) is 11.5. The molecule has 0 spiro atoms. The largest absolute Gasteiger partial charge is 0.338 e. The first kappa shape index (κ1) is 12.9. The maximum Gasteiger partial charge on any atom is 0.272 e. The Morgan fingerprint density at radius 2 is 2.11 bits per heavy atom. The molecule has 0 fully saturated rings. The summed E-state index contributed by atoms with van der Waals surface area (Å²) in [5.74, 6) is 0.00678. The van der Waals surface area contributed by atoms with Crippen molar-refractivity contribution in [2.45, 2.75) is 20.8 Å². The Hall–Kier alpha value is -1.55. The van der Waals surface area contributed by atoms with Gasteiger partial charge >= 0.3 is 0 Å². The van der Waals surface area contributed by atoms with Crippen molar-refractivity contribution in [1.82, 2.24) is 14.3 Å². The Bertz CT molecular complexity index is 587. The normalized spacial score (nSPS) is 10.9. The first-order valence-electron chi connectivity index (χ1n) is 6.02. The molecule has 0 aliphatic carbocycles. The maximum atomic E-state index is 12.4. The molecular formula is C13H16ClN3O. The molecule has 4 nitrogen and oxygen atoms in total. The Kier molecular flexibility index (Phi) is 3.57. The van der Waals surface area contributed by atoms with Crippen molar-refractivity contribution in [1.29, 1.82) is 0 Å². The average Bonchev–Trinajstić information content (AvgIpc) is 2.65. The van der Waals surface area contributed by atoms with E-state index in [9.17, 15) is 4.79 Å². The van der Waals surface area contributed by atoms with Crippen LogP contribution in [0.15, 0.2) is 18.3 Å². The van der Waals surface area contributed by atoms with Gasteiger partial charge in [-0.05, 0) is 26.8 Å². The summed E-state index contributed by atoms with van der Waals surface area (Å²) in [6.45, 7) is 7.16. The van der Waals surface area contributed by atoms with Crippen LogP contribution >= 0.6 is 11.6 Å². The number of carbonyl (C=O) groups is 1. The van der Waals surface area contributed by atoms with E-state index in [0.717, 1.165) is 5.69 Å². The lowest BCUT2D eigenvalue weighted by atomic mass is 10.3. The van der Waals surface area contributed by atoms with Gasteiger partial charge in [0.1, 0.15) is 11.3 Å². The molecule has 2 aromatic heterocycles. The molecule has 0 radical (unpaired) electrons. The van der Waals surface area contributed by atoms with E-state index in [4.69, 9.17) is 11.6 Å². The van der Waals surface area contributed by atoms with Gasteiger partial charge in [0.25, 0.3) is 5.91 Å². The number of hydrogen-bond donors (Lipinski definition) is 0. The zero-order chi connectivity index (χ0) is 13.3. The fourth-order valence-electron chi connectivity index (χ4n) is 2.06. The lowest BCUT2D eigenvalue weighted by Crippen LogP contribution is -2.31. The molecule has 0 aromatic carbocycles. The summed E-state index contributed by atoms with van der Waals surface area (Å²) in [5.41, 5.74) is 2.05. The number of halogens is 1. The van der Waals surface area contributed by atoms with Crippen LogP contribution in [0.5, 0.6) is 0 Å². The van der Waals surface area contributed by atoms with Crippen LogP contribution in [-0.2, 0) is 0 Å². The number of aromatic nitrogens is 2. The number of fused-ring (bicyclic) bond motifs is 1. The summed E-state index contributed by atoms with van der Waals surface area (Å²) >= 11 is 5.93. The van der Waals surface area contributed by atoms with Gasteiger partial charge in [0.2, 0.25) is 0 Å². The first-order valence-corrected chi connectivity index (χ1v) is 6.39. The molecule has 18 heavy (non-hydrogen) atoms. The van der Waals surface area contributed by atoms with Crippen molar-refractivity contribution in [3.63, 3.8) is 0 Å². The lowest BCUT2D eigenvalue weighted by Gasteiger charge is -2.18. The molecule has 0 saturated heterocycles. The summed E-state index contributed by atoms with van der Waals surface area (Å²) in [4.78, 5) is 18.6. The molecule has 0 atom stereocenters. The van der Waals surface area contributed by atoms with E-state index in [1.54, 1.807) is 27.6 Å².